The largest absolute Gasteiger partial charge is 0.494 e. The van der Waals surface area contributed by atoms with Crippen LogP contribution < -0.4 is 14.8 Å². The summed E-state index contributed by atoms with van der Waals surface area (Å²) in [5.74, 6) is 1.69. The van der Waals surface area contributed by atoms with Crippen LogP contribution in [0, 0.1) is 13.8 Å². The SMILES string of the molecule is CCCCOc1ccc(-c2csc(NC(=O)CCCOc3ccc(C)cc3C)n2)cc1. The van der Waals surface area contributed by atoms with Crippen LogP contribution in [0.15, 0.2) is 47.8 Å². The molecule has 6 heteroatoms. The lowest BCUT2D eigenvalue weighted by molar-refractivity contribution is -0.116. The molecular weight excluding hydrogens is 408 g/mol. The zero-order valence-corrected chi connectivity index (χ0v) is 19.3. The Kier molecular flexibility index (Phi) is 8.47. The van der Waals surface area contributed by atoms with Crippen molar-refractivity contribution in [1.82, 2.24) is 4.98 Å². The van der Waals surface area contributed by atoms with Crippen molar-refractivity contribution in [2.75, 3.05) is 18.5 Å². The summed E-state index contributed by atoms with van der Waals surface area (Å²) in [6.45, 7) is 7.47. The first-order valence-corrected chi connectivity index (χ1v) is 11.6. The number of rotatable bonds is 11. The Labute approximate surface area is 188 Å². The van der Waals surface area contributed by atoms with Crippen LogP contribution >= 0.6 is 11.3 Å². The van der Waals surface area contributed by atoms with Crippen molar-refractivity contribution in [2.24, 2.45) is 0 Å². The lowest BCUT2D eigenvalue weighted by Gasteiger charge is -2.09. The van der Waals surface area contributed by atoms with E-state index >= 15 is 0 Å². The maximum atomic E-state index is 12.2. The second-order valence-corrected chi connectivity index (χ2v) is 8.39. The first kappa shape index (κ1) is 22.8. The number of nitrogens with zero attached hydrogens (tertiary/aromatic N) is 1. The van der Waals surface area contributed by atoms with E-state index in [1.165, 1.54) is 16.9 Å². The van der Waals surface area contributed by atoms with Gasteiger partial charge in [0.1, 0.15) is 11.5 Å². The van der Waals surface area contributed by atoms with Crippen molar-refractivity contribution in [3.63, 3.8) is 0 Å². The van der Waals surface area contributed by atoms with Crippen LogP contribution in [0.1, 0.15) is 43.7 Å². The molecule has 0 radical (unpaired) electrons. The number of carbonyl (C=O) groups is 1. The first-order valence-electron chi connectivity index (χ1n) is 10.7. The molecule has 3 rings (SSSR count). The minimum absolute atomic E-state index is 0.0511. The molecule has 1 amide bonds. The Morgan fingerprint density at radius 3 is 2.55 bits per heavy atom. The monoisotopic (exact) mass is 438 g/mol. The number of nitrogens with one attached hydrogen (secondary N) is 1. The van der Waals surface area contributed by atoms with Gasteiger partial charge < -0.3 is 14.8 Å². The fraction of sp³-hybridized carbons (Fsp3) is 0.360. The van der Waals surface area contributed by atoms with Gasteiger partial charge in [0.15, 0.2) is 5.13 Å². The van der Waals surface area contributed by atoms with Crippen LogP contribution in [0.5, 0.6) is 11.5 Å². The molecule has 1 N–H and O–H groups in total. The van der Waals surface area contributed by atoms with Crippen molar-refractivity contribution >= 4 is 22.4 Å². The lowest BCUT2D eigenvalue weighted by Crippen LogP contribution is -2.12. The van der Waals surface area contributed by atoms with Crippen LogP contribution in [0.2, 0.25) is 0 Å². The zero-order chi connectivity index (χ0) is 22.1. The Bertz CT molecular complexity index is 983. The molecule has 164 valence electrons. The average Bonchev–Trinajstić information content (AvgIpc) is 3.21. The van der Waals surface area contributed by atoms with E-state index in [0.717, 1.165) is 47.8 Å². The molecule has 0 bridgehead atoms. The summed E-state index contributed by atoms with van der Waals surface area (Å²) in [5, 5.41) is 5.44. The van der Waals surface area contributed by atoms with Gasteiger partial charge in [0.05, 0.1) is 18.9 Å². The van der Waals surface area contributed by atoms with Gasteiger partial charge in [0, 0.05) is 17.4 Å². The molecule has 1 heterocycles. The van der Waals surface area contributed by atoms with Crippen LogP contribution in [-0.2, 0) is 4.79 Å². The summed E-state index contributed by atoms with van der Waals surface area (Å²) in [6.07, 6.45) is 3.21. The van der Waals surface area contributed by atoms with Gasteiger partial charge in [-0.25, -0.2) is 4.98 Å². The van der Waals surface area contributed by atoms with E-state index in [1.54, 1.807) is 0 Å². The topological polar surface area (TPSA) is 60.5 Å². The minimum Gasteiger partial charge on any atom is -0.494 e. The van der Waals surface area contributed by atoms with Gasteiger partial charge in [-0.1, -0.05) is 31.0 Å². The number of hydrogen-bond acceptors (Lipinski definition) is 5. The van der Waals surface area contributed by atoms with Crippen molar-refractivity contribution in [2.45, 2.75) is 46.5 Å². The third-order valence-corrected chi connectivity index (χ3v) is 5.56. The zero-order valence-electron chi connectivity index (χ0n) is 18.4. The smallest absolute Gasteiger partial charge is 0.226 e. The number of aryl methyl sites for hydroxylation is 2. The van der Waals surface area contributed by atoms with E-state index in [4.69, 9.17) is 9.47 Å². The van der Waals surface area contributed by atoms with E-state index in [0.29, 0.717) is 24.6 Å². The fourth-order valence-electron chi connectivity index (χ4n) is 3.08. The molecule has 0 fully saturated rings. The van der Waals surface area contributed by atoms with Crippen LogP contribution in [0.3, 0.4) is 0 Å². The van der Waals surface area contributed by atoms with Gasteiger partial charge in [-0.3, -0.25) is 4.79 Å². The molecule has 0 unspecified atom stereocenters. The molecule has 0 saturated carbocycles. The summed E-state index contributed by atoms with van der Waals surface area (Å²) >= 11 is 1.43. The summed E-state index contributed by atoms with van der Waals surface area (Å²) in [5.41, 5.74) is 4.17. The molecule has 0 aliphatic heterocycles. The number of hydrogen-bond donors (Lipinski definition) is 1. The van der Waals surface area contributed by atoms with Crippen molar-refractivity contribution < 1.29 is 14.3 Å². The predicted molar refractivity (Wildman–Crippen MR) is 127 cm³/mol. The molecule has 1 aromatic heterocycles. The number of unbranched alkanes of at least 4 members (excludes halogenated alkanes) is 1. The molecule has 0 atom stereocenters. The highest BCUT2D eigenvalue weighted by molar-refractivity contribution is 7.14. The first-order chi connectivity index (χ1) is 15.0. The molecule has 0 aliphatic rings. The highest BCUT2D eigenvalue weighted by Crippen LogP contribution is 2.27. The summed E-state index contributed by atoms with van der Waals surface area (Å²) < 4.78 is 11.5. The van der Waals surface area contributed by atoms with E-state index < -0.39 is 0 Å². The fourth-order valence-corrected chi connectivity index (χ4v) is 3.81. The number of thiazole rings is 1. The van der Waals surface area contributed by atoms with E-state index in [1.807, 2.05) is 48.7 Å². The van der Waals surface area contributed by atoms with Crippen LogP contribution in [-0.4, -0.2) is 24.1 Å². The van der Waals surface area contributed by atoms with Gasteiger partial charge in [-0.05, 0) is 62.6 Å². The van der Waals surface area contributed by atoms with Crippen molar-refractivity contribution in [3.05, 3.63) is 59.0 Å². The second kappa shape index (κ2) is 11.5. The van der Waals surface area contributed by atoms with E-state index in [-0.39, 0.29) is 5.91 Å². The molecule has 0 aliphatic carbocycles. The van der Waals surface area contributed by atoms with Gasteiger partial charge in [-0.15, -0.1) is 11.3 Å². The minimum atomic E-state index is -0.0511. The number of ether oxygens (including phenoxy) is 2. The third-order valence-electron chi connectivity index (χ3n) is 4.80. The highest BCUT2D eigenvalue weighted by Gasteiger charge is 2.09. The lowest BCUT2D eigenvalue weighted by atomic mass is 10.1. The molecule has 5 nitrogen and oxygen atoms in total. The normalized spacial score (nSPS) is 10.7. The molecule has 0 saturated heterocycles. The second-order valence-electron chi connectivity index (χ2n) is 7.53. The molecule has 3 aromatic rings. The van der Waals surface area contributed by atoms with Crippen LogP contribution in [0.4, 0.5) is 5.13 Å². The van der Waals surface area contributed by atoms with Crippen molar-refractivity contribution in [3.8, 4) is 22.8 Å². The van der Waals surface area contributed by atoms with Gasteiger partial charge in [0.2, 0.25) is 5.91 Å². The van der Waals surface area contributed by atoms with Gasteiger partial charge >= 0.3 is 0 Å². The standard InChI is InChI=1S/C25H30N2O3S/c1-4-5-14-29-21-11-9-20(10-12-21)22-17-31-25(26-22)27-24(28)7-6-15-30-23-13-8-18(2)16-19(23)3/h8-13,16-17H,4-7,14-15H2,1-3H3,(H,26,27,28). The summed E-state index contributed by atoms with van der Waals surface area (Å²) in [6, 6.07) is 14.0. The number of carbonyl (C=O) groups excluding carboxylic acids is 1. The van der Waals surface area contributed by atoms with Crippen LogP contribution in [0.25, 0.3) is 11.3 Å². The van der Waals surface area contributed by atoms with E-state index in [9.17, 15) is 4.79 Å². The highest BCUT2D eigenvalue weighted by atomic mass is 32.1. The van der Waals surface area contributed by atoms with Crippen molar-refractivity contribution in [1.29, 1.82) is 0 Å². The quantitative estimate of drug-likeness (QED) is 0.352. The Hall–Kier alpha value is -2.86. The summed E-state index contributed by atoms with van der Waals surface area (Å²) in [4.78, 5) is 16.8. The Morgan fingerprint density at radius 1 is 1.03 bits per heavy atom. The van der Waals surface area contributed by atoms with E-state index in [2.05, 4.69) is 30.2 Å². The average molecular weight is 439 g/mol. The molecule has 2 aromatic carbocycles. The number of benzene rings is 2. The summed E-state index contributed by atoms with van der Waals surface area (Å²) in [7, 11) is 0. The number of anilines is 1. The maximum Gasteiger partial charge on any atom is 0.226 e. The third kappa shape index (κ3) is 7.10. The molecular formula is C25H30N2O3S. The van der Waals surface area contributed by atoms with Gasteiger partial charge in [-0.2, -0.15) is 0 Å². The molecule has 0 spiro atoms. The Morgan fingerprint density at radius 2 is 1.81 bits per heavy atom. The number of amides is 1. The van der Waals surface area contributed by atoms with Gasteiger partial charge in [0.25, 0.3) is 0 Å². The Balaban J connectivity index is 1.43. The number of aromatic nitrogens is 1. The maximum absolute atomic E-state index is 12.2. The predicted octanol–water partition coefficient (Wildman–Crippen LogP) is 6.40. The molecule has 31 heavy (non-hydrogen) atoms.